The Morgan fingerprint density at radius 2 is 1.81 bits per heavy atom. The average Bonchev–Trinajstić information content (AvgIpc) is 3.37. The van der Waals surface area contributed by atoms with E-state index in [0.29, 0.717) is 17.9 Å². The minimum absolute atomic E-state index is 0.177. The molecule has 0 fully saturated rings. The molecule has 0 bridgehead atoms. The summed E-state index contributed by atoms with van der Waals surface area (Å²) in [5, 5.41) is 8.08. The number of nitrogens with one attached hydrogen (secondary N) is 1. The molecule has 150 valence electrons. The first kappa shape index (κ1) is 18.6. The number of rotatable bonds is 5. The molecule has 1 N–H and O–H groups in total. The van der Waals surface area contributed by atoms with Crippen LogP contribution in [0.2, 0.25) is 0 Å². The Bertz CT molecular complexity index is 1350. The van der Waals surface area contributed by atoms with E-state index in [-0.39, 0.29) is 5.91 Å². The monoisotopic (exact) mass is 406 g/mol. The molecule has 4 heterocycles. The van der Waals surface area contributed by atoms with Crippen LogP contribution in [0.5, 0.6) is 0 Å². The number of hydrogen-bond acceptors (Lipinski definition) is 5. The van der Waals surface area contributed by atoms with E-state index in [2.05, 4.69) is 20.4 Å². The molecule has 0 unspecified atom stereocenters. The maximum absolute atomic E-state index is 13.2. The van der Waals surface area contributed by atoms with Gasteiger partial charge in [0.2, 0.25) is 0 Å². The summed E-state index contributed by atoms with van der Waals surface area (Å²) in [7, 11) is 0. The van der Waals surface area contributed by atoms with Gasteiger partial charge < -0.3 is 5.32 Å². The zero-order valence-electron chi connectivity index (χ0n) is 16.5. The molecule has 31 heavy (non-hydrogen) atoms. The van der Waals surface area contributed by atoms with E-state index in [0.717, 1.165) is 27.7 Å². The molecule has 0 aliphatic carbocycles. The van der Waals surface area contributed by atoms with E-state index in [4.69, 9.17) is 4.98 Å². The van der Waals surface area contributed by atoms with Gasteiger partial charge in [-0.05, 0) is 36.4 Å². The topological polar surface area (TPSA) is 85.6 Å². The van der Waals surface area contributed by atoms with Crippen molar-refractivity contribution in [1.82, 2.24) is 30.0 Å². The SMILES string of the molecule is O=C(NCc1cccnc1-n1cccn1)c1cc(-c2ccncc2)nc2ccccc12. The van der Waals surface area contributed by atoms with Crippen LogP contribution in [0, 0.1) is 0 Å². The fourth-order valence-corrected chi connectivity index (χ4v) is 3.47. The standard InChI is InChI=1S/C24H18N6O/c31-24(27-16-18-5-3-10-26-23(18)30-14-4-11-28-30)20-15-22(17-8-12-25-13-9-17)29-21-7-2-1-6-19(20)21/h1-15H,16H2,(H,27,31). The smallest absolute Gasteiger partial charge is 0.252 e. The van der Waals surface area contributed by atoms with Gasteiger partial charge in [0, 0.05) is 54.0 Å². The fourth-order valence-electron chi connectivity index (χ4n) is 3.47. The number of nitrogens with zero attached hydrogens (tertiary/aromatic N) is 5. The van der Waals surface area contributed by atoms with E-state index >= 15 is 0 Å². The van der Waals surface area contributed by atoms with Crippen LogP contribution in [0.15, 0.2) is 91.6 Å². The Labute approximate surface area is 178 Å². The van der Waals surface area contributed by atoms with Crippen LogP contribution in [0.25, 0.3) is 28.0 Å². The molecule has 7 nitrogen and oxygen atoms in total. The lowest BCUT2D eigenvalue weighted by Crippen LogP contribution is -2.24. The molecular formula is C24H18N6O. The first-order chi connectivity index (χ1) is 15.3. The van der Waals surface area contributed by atoms with Crippen molar-refractivity contribution in [3.63, 3.8) is 0 Å². The third kappa shape index (κ3) is 3.76. The molecule has 0 radical (unpaired) electrons. The number of fused-ring (bicyclic) bond motifs is 1. The third-order valence-electron chi connectivity index (χ3n) is 4.97. The van der Waals surface area contributed by atoms with Crippen molar-refractivity contribution < 1.29 is 4.79 Å². The summed E-state index contributed by atoms with van der Waals surface area (Å²) in [6, 6.07) is 18.8. The third-order valence-corrected chi connectivity index (χ3v) is 4.97. The molecule has 5 aromatic rings. The molecule has 5 rings (SSSR count). The number of para-hydroxylation sites is 1. The summed E-state index contributed by atoms with van der Waals surface area (Å²) in [5.41, 5.74) is 3.84. The number of benzene rings is 1. The zero-order valence-corrected chi connectivity index (χ0v) is 16.5. The predicted molar refractivity (Wildman–Crippen MR) is 118 cm³/mol. The number of amides is 1. The normalized spacial score (nSPS) is 10.8. The van der Waals surface area contributed by atoms with Crippen molar-refractivity contribution in [3.8, 4) is 17.1 Å². The van der Waals surface area contributed by atoms with Crippen LogP contribution in [0.4, 0.5) is 0 Å². The molecule has 0 spiro atoms. The van der Waals surface area contributed by atoms with Crippen LogP contribution in [-0.2, 0) is 6.54 Å². The maximum Gasteiger partial charge on any atom is 0.252 e. The van der Waals surface area contributed by atoms with Gasteiger partial charge in [-0.1, -0.05) is 24.3 Å². The zero-order chi connectivity index (χ0) is 21.0. The Morgan fingerprint density at radius 3 is 2.65 bits per heavy atom. The molecule has 0 saturated carbocycles. The maximum atomic E-state index is 13.2. The highest BCUT2D eigenvalue weighted by Crippen LogP contribution is 2.24. The lowest BCUT2D eigenvalue weighted by atomic mass is 10.0. The second kappa shape index (κ2) is 8.16. The first-order valence-corrected chi connectivity index (χ1v) is 9.82. The summed E-state index contributed by atoms with van der Waals surface area (Å²) < 4.78 is 1.69. The van der Waals surface area contributed by atoms with Crippen LogP contribution in [-0.4, -0.2) is 30.6 Å². The van der Waals surface area contributed by atoms with Gasteiger partial charge in [0.05, 0.1) is 16.8 Å². The van der Waals surface area contributed by atoms with Crippen molar-refractivity contribution in [1.29, 1.82) is 0 Å². The Balaban J connectivity index is 1.48. The summed E-state index contributed by atoms with van der Waals surface area (Å²) in [6.45, 7) is 0.323. The van der Waals surface area contributed by atoms with Crippen LogP contribution in [0.1, 0.15) is 15.9 Å². The van der Waals surface area contributed by atoms with Crippen LogP contribution < -0.4 is 5.32 Å². The van der Waals surface area contributed by atoms with Gasteiger partial charge in [-0.15, -0.1) is 0 Å². The number of aromatic nitrogens is 5. The summed E-state index contributed by atoms with van der Waals surface area (Å²) >= 11 is 0. The fraction of sp³-hybridized carbons (Fsp3) is 0.0417. The highest BCUT2D eigenvalue weighted by atomic mass is 16.1. The average molecular weight is 406 g/mol. The molecule has 0 aliphatic heterocycles. The molecule has 1 amide bonds. The van der Waals surface area contributed by atoms with Gasteiger partial charge in [-0.3, -0.25) is 9.78 Å². The molecular weight excluding hydrogens is 388 g/mol. The quantitative estimate of drug-likeness (QED) is 0.480. The van der Waals surface area contributed by atoms with E-state index in [1.165, 1.54) is 0 Å². The van der Waals surface area contributed by atoms with Crippen molar-refractivity contribution in [2.45, 2.75) is 6.54 Å². The lowest BCUT2D eigenvalue weighted by molar-refractivity contribution is 0.0952. The molecule has 0 saturated heterocycles. The summed E-state index contributed by atoms with van der Waals surface area (Å²) in [6.07, 6.45) is 8.65. The van der Waals surface area contributed by atoms with Crippen LogP contribution in [0.3, 0.4) is 0 Å². The molecule has 0 atom stereocenters. The van der Waals surface area contributed by atoms with Crippen molar-refractivity contribution >= 4 is 16.8 Å². The molecule has 0 aliphatic rings. The molecule has 1 aromatic carbocycles. The van der Waals surface area contributed by atoms with Gasteiger partial charge in [0.15, 0.2) is 5.82 Å². The summed E-state index contributed by atoms with van der Waals surface area (Å²) in [4.78, 5) is 26.4. The van der Waals surface area contributed by atoms with Crippen molar-refractivity contribution in [2.24, 2.45) is 0 Å². The second-order valence-electron chi connectivity index (χ2n) is 6.93. The van der Waals surface area contributed by atoms with Crippen molar-refractivity contribution in [3.05, 3.63) is 103 Å². The second-order valence-corrected chi connectivity index (χ2v) is 6.93. The highest BCUT2D eigenvalue weighted by Gasteiger charge is 2.15. The minimum atomic E-state index is -0.177. The van der Waals surface area contributed by atoms with Gasteiger partial charge >= 0.3 is 0 Å². The number of hydrogen-bond donors (Lipinski definition) is 1. The van der Waals surface area contributed by atoms with Gasteiger partial charge in [-0.25, -0.2) is 14.6 Å². The van der Waals surface area contributed by atoms with Gasteiger partial charge in [-0.2, -0.15) is 5.10 Å². The highest BCUT2D eigenvalue weighted by molar-refractivity contribution is 6.07. The largest absolute Gasteiger partial charge is 0.348 e. The van der Waals surface area contributed by atoms with E-state index in [9.17, 15) is 4.79 Å². The minimum Gasteiger partial charge on any atom is -0.348 e. The lowest BCUT2D eigenvalue weighted by Gasteiger charge is -2.12. The Morgan fingerprint density at radius 1 is 0.935 bits per heavy atom. The van der Waals surface area contributed by atoms with Crippen molar-refractivity contribution in [2.75, 3.05) is 0 Å². The predicted octanol–water partition coefficient (Wildman–Crippen LogP) is 3.81. The van der Waals surface area contributed by atoms with E-state index < -0.39 is 0 Å². The van der Waals surface area contributed by atoms with Crippen LogP contribution >= 0.6 is 0 Å². The number of carbonyl (C=O) groups is 1. The molecule has 7 heteroatoms. The van der Waals surface area contributed by atoms with E-state index in [1.807, 2.05) is 66.9 Å². The van der Waals surface area contributed by atoms with Gasteiger partial charge in [0.25, 0.3) is 5.91 Å². The van der Waals surface area contributed by atoms with E-state index in [1.54, 1.807) is 29.5 Å². The summed E-state index contributed by atoms with van der Waals surface area (Å²) in [5.74, 6) is 0.508. The number of pyridine rings is 3. The molecule has 4 aromatic heterocycles. The first-order valence-electron chi connectivity index (χ1n) is 9.82. The Hall–Kier alpha value is -4.39. The van der Waals surface area contributed by atoms with Gasteiger partial charge in [0.1, 0.15) is 0 Å². The number of carbonyl (C=O) groups excluding carboxylic acids is 1. The Kier molecular flexibility index (Phi) is 4.90.